The first-order chi connectivity index (χ1) is 11.6. The average Bonchev–Trinajstić information content (AvgIpc) is 2.55. The van der Waals surface area contributed by atoms with E-state index in [9.17, 15) is 9.59 Å². The van der Waals surface area contributed by atoms with Crippen LogP contribution in [0.15, 0.2) is 48.5 Å². The van der Waals surface area contributed by atoms with Gasteiger partial charge < -0.3 is 10.6 Å². The minimum Gasteiger partial charge on any atom is -0.322 e. The van der Waals surface area contributed by atoms with Crippen LogP contribution in [0, 0.1) is 6.92 Å². The Labute approximate surface area is 141 Å². The van der Waals surface area contributed by atoms with Crippen molar-refractivity contribution < 1.29 is 9.59 Å². The van der Waals surface area contributed by atoms with Gasteiger partial charge in [-0.2, -0.15) is 0 Å². The molecule has 0 aliphatic carbocycles. The third-order valence-electron chi connectivity index (χ3n) is 4.09. The molecule has 3 rings (SSSR count). The number of urea groups is 1. The van der Waals surface area contributed by atoms with Gasteiger partial charge in [0, 0.05) is 5.69 Å². The molecule has 0 aromatic heterocycles. The van der Waals surface area contributed by atoms with Crippen LogP contribution in [-0.2, 0) is 4.79 Å². The second-order valence-corrected chi connectivity index (χ2v) is 5.98. The Morgan fingerprint density at radius 3 is 2.75 bits per heavy atom. The van der Waals surface area contributed by atoms with Crippen LogP contribution in [0.25, 0.3) is 0 Å². The highest BCUT2D eigenvalue weighted by atomic mass is 16.2. The van der Waals surface area contributed by atoms with Crippen LogP contribution in [0.3, 0.4) is 0 Å². The van der Waals surface area contributed by atoms with Crippen LogP contribution >= 0.6 is 0 Å². The molecule has 2 aromatic carbocycles. The highest BCUT2D eigenvalue weighted by Crippen LogP contribution is 2.33. The Balaban J connectivity index is 1.95. The Morgan fingerprint density at radius 2 is 2.00 bits per heavy atom. The SMILES string of the molecule is CCC[C@H]1C(=O)Nc2ccccc2N1C(=O)Nc1cccc(C)c1. The predicted molar refractivity (Wildman–Crippen MR) is 96.4 cm³/mol. The first-order valence-corrected chi connectivity index (χ1v) is 8.17. The number of benzene rings is 2. The van der Waals surface area contributed by atoms with Gasteiger partial charge in [0.15, 0.2) is 0 Å². The number of fused-ring (bicyclic) bond motifs is 1. The molecule has 124 valence electrons. The van der Waals surface area contributed by atoms with Crippen LogP contribution in [-0.4, -0.2) is 18.0 Å². The van der Waals surface area contributed by atoms with Crippen LogP contribution in [0.5, 0.6) is 0 Å². The van der Waals surface area contributed by atoms with E-state index in [4.69, 9.17) is 0 Å². The number of carbonyl (C=O) groups excluding carboxylic acids is 2. The van der Waals surface area contributed by atoms with Crippen LogP contribution in [0.1, 0.15) is 25.3 Å². The van der Waals surface area contributed by atoms with Gasteiger partial charge in [0.25, 0.3) is 0 Å². The molecule has 0 saturated heterocycles. The average molecular weight is 323 g/mol. The molecule has 0 radical (unpaired) electrons. The molecule has 5 nitrogen and oxygen atoms in total. The van der Waals surface area contributed by atoms with Crippen LogP contribution in [0.4, 0.5) is 21.9 Å². The number of anilines is 3. The molecular weight excluding hydrogens is 302 g/mol. The number of amides is 3. The van der Waals surface area contributed by atoms with Crippen molar-refractivity contribution in [3.8, 4) is 0 Å². The molecular formula is C19H21N3O2. The van der Waals surface area contributed by atoms with E-state index in [1.807, 2.05) is 62.4 Å². The van der Waals surface area contributed by atoms with Gasteiger partial charge in [-0.1, -0.05) is 37.6 Å². The molecule has 2 N–H and O–H groups in total. The van der Waals surface area contributed by atoms with Crippen molar-refractivity contribution in [3.05, 3.63) is 54.1 Å². The summed E-state index contributed by atoms with van der Waals surface area (Å²) in [5, 5.41) is 5.80. The molecule has 1 aliphatic heterocycles. The predicted octanol–water partition coefficient (Wildman–Crippen LogP) is 4.15. The van der Waals surface area contributed by atoms with Gasteiger partial charge in [-0.15, -0.1) is 0 Å². The van der Waals surface area contributed by atoms with E-state index >= 15 is 0 Å². The van der Waals surface area contributed by atoms with Gasteiger partial charge in [0.1, 0.15) is 6.04 Å². The van der Waals surface area contributed by atoms with Gasteiger partial charge >= 0.3 is 6.03 Å². The molecule has 2 aromatic rings. The first kappa shape index (κ1) is 16.1. The van der Waals surface area contributed by atoms with Crippen LogP contribution < -0.4 is 15.5 Å². The third-order valence-corrected chi connectivity index (χ3v) is 4.09. The van der Waals surface area contributed by atoms with E-state index in [0.717, 1.165) is 23.4 Å². The number of nitrogens with one attached hydrogen (secondary N) is 2. The largest absolute Gasteiger partial charge is 0.327 e. The fourth-order valence-corrected chi connectivity index (χ4v) is 2.98. The molecule has 24 heavy (non-hydrogen) atoms. The van der Waals surface area contributed by atoms with E-state index in [1.165, 1.54) is 0 Å². The van der Waals surface area contributed by atoms with Crippen molar-refractivity contribution in [2.45, 2.75) is 32.7 Å². The van der Waals surface area contributed by atoms with Gasteiger partial charge in [0.05, 0.1) is 11.4 Å². The molecule has 0 spiro atoms. The maximum Gasteiger partial charge on any atom is 0.327 e. The zero-order chi connectivity index (χ0) is 17.1. The summed E-state index contributed by atoms with van der Waals surface area (Å²) in [4.78, 5) is 26.9. The zero-order valence-corrected chi connectivity index (χ0v) is 13.9. The van der Waals surface area contributed by atoms with E-state index in [-0.39, 0.29) is 11.9 Å². The van der Waals surface area contributed by atoms with Crippen molar-refractivity contribution in [3.63, 3.8) is 0 Å². The van der Waals surface area contributed by atoms with E-state index in [1.54, 1.807) is 4.90 Å². The Hall–Kier alpha value is -2.82. The monoisotopic (exact) mass is 323 g/mol. The molecule has 0 saturated carbocycles. The summed E-state index contributed by atoms with van der Waals surface area (Å²) in [5.74, 6) is -0.144. The Kier molecular flexibility index (Phi) is 4.51. The standard InChI is InChI=1S/C19H21N3O2/c1-3-7-17-18(23)21-15-10-4-5-11-16(15)22(17)19(24)20-14-9-6-8-13(2)12-14/h4-6,8-12,17H,3,7H2,1-2H3,(H,20,24)(H,21,23)/t17-/m0/s1. The van der Waals surface area contributed by atoms with E-state index in [2.05, 4.69) is 10.6 Å². The summed E-state index contributed by atoms with van der Waals surface area (Å²) < 4.78 is 0. The second-order valence-electron chi connectivity index (χ2n) is 5.98. The van der Waals surface area contributed by atoms with Crippen molar-refractivity contribution >= 4 is 29.0 Å². The van der Waals surface area contributed by atoms with Gasteiger partial charge in [0.2, 0.25) is 5.91 Å². The lowest BCUT2D eigenvalue weighted by Gasteiger charge is -2.36. The number of nitrogens with zero attached hydrogens (tertiary/aromatic N) is 1. The maximum absolute atomic E-state index is 12.9. The number of hydrogen-bond donors (Lipinski definition) is 2. The number of hydrogen-bond acceptors (Lipinski definition) is 2. The smallest absolute Gasteiger partial charge is 0.322 e. The lowest BCUT2D eigenvalue weighted by molar-refractivity contribution is -0.117. The number of rotatable bonds is 3. The van der Waals surface area contributed by atoms with Crippen LogP contribution in [0.2, 0.25) is 0 Å². The lowest BCUT2D eigenvalue weighted by Crippen LogP contribution is -2.52. The molecule has 1 atom stereocenters. The highest BCUT2D eigenvalue weighted by Gasteiger charge is 2.36. The normalized spacial score (nSPS) is 16.3. The quantitative estimate of drug-likeness (QED) is 0.891. The Bertz CT molecular complexity index is 773. The molecule has 0 bridgehead atoms. The van der Waals surface area contributed by atoms with Crippen molar-refractivity contribution in [2.24, 2.45) is 0 Å². The van der Waals surface area contributed by atoms with Crippen molar-refractivity contribution in [2.75, 3.05) is 15.5 Å². The highest BCUT2D eigenvalue weighted by molar-refractivity contribution is 6.14. The minimum absolute atomic E-state index is 0.144. The topological polar surface area (TPSA) is 61.4 Å². The van der Waals surface area contributed by atoms with E-state index < -0.39 is 6.04 Å². The van der Waals surface area contributed by atoms with Crippen molar-refractivity contribution in [1.82, 2.24) is 0 Å². The fourth-order valence-electron chi connectivity index (χ4n) is 2.98. The third kappa shape index (κ3) is 3.11. The van der Waals surface area contributed by atoms with Gasteiger partial charge in [-0.3, -0.25) is 9.69 Å². The fraction of sp³-hybridized carbons (Fsp3) is 0.263. The van der Waals surface area contributed by atoms with Gasteiger partial charge in [-0.25, -0.2) is 4.79 Å². The lowest BCUT2D eigenvalue weighted by atomic mass is 10.0. The molecule has 1 heterocycles. The summed E-state index contributed by atoms with van der Waals surface area (Å²) >= 11 is 0. The Morgan fingerprint density at radius 1 is 1.21 bits per heavy atom. The minimum atomic E-state index is -0.505. The summed E-state index contributed by atoms with van der Waals surface area (Å²) in [6, 6.07) is 14.2. The van der Waals surface area contributed by atoms with Crippen molar-refractivity contribution in [1.29, 1.82) is 0 Å². The first-order valence-electron chi connectivity index (χ1n) is 8.17. The summed E-state index contributed by atoms with van der Waals surface area (Å²) in [7, 11) is 0. The number of aryl methyl sites for hydroxylation is 1. The molecule has 5 heteroatoms. The van der Waals surface area contributed by atoms with Gasteiger partial charge in [-0.05, 0) is 43.2 Å². The number of para-hydroxylation sites is 2. The maximum atomic E-state index is 12.9. The molecule has 0 unspecified atom stereocenters. The number of carbonyl (C=O) groups is 2. The summed E-state index contributed by atoms with van der Waals surface area (Å²) in [6.07, 6.45) is 1.43. The summed E-state index contributed by atoms with van der Waals surface area (Å²) in [6.45, 7) is 3.98. The molecule has 3 amide bonds. The second kappa shape index (κ2) is 6.74. The molecule has 0 fully saturated rings. The molecule has 1 aliphatic rings. The zero-order valence-electron chi connectivity index (χ0n) is 13.9. The summed E-state index contributed by atoms with van der Waals surface area (Å²) in [5.41, 5.74) is 3.17. The van der Waals surface area contributed by atoms with E-state index in [0.29, 0.717) is 12.1 Å².